The molecule has 1 aliphatic rings. The molecular weight excluding hydrogens is 312 g/mol. The fourth-order valence-corrected chi connectivity index (χ4v) is 4.83. The van der Waals surface area contributed by atoms with Gasteiger partial charge in [-0.1, -0.05) is 18.0 Å². The van der Waals surface area contributed by atoms with Gasteiger partial charge < -0.3 is 0 Å². The van der Waals surface area contributed by atoms with Gasteiger partial charge in [0.2, 0.25) is 10.0 Å². The quantitative estimate of drug-likeness (QED) is 0.800. The number of hydrogen-bond donors (Lipinski definition) is 0. The summed E-state index contributed by atoms with van der Waals surface area (Å²) in [6, 6.07) is 3.09. The Bertz CT molecular complexity index is 565. The van der Waals surface area contributed by atoms with Crippen LogP contribution in [0.1, 0.15) is 19.3 Å². The van der Waals surface area contributed by atoms with Crippen molar-refractivity contribution in [2.24, 2.45) is 0 Å². The summed E-state index contributed by atoms with van der Waals surface area (Å²) in [4.78, 5) is -0.189. The fourth-order valence-electron chi connectivity index (χ4n) is 2.25. The molecule has 0 bridgehead atoms. The molecule has 0 aliphatic carbocycles. The number of nitrogens with zero attached hydrogens (tertiary/aromatic N) is 1. The monoisotopic (exact) mass is 325 g/mol. The van der Waals surface area contributed by atoms with Crippen molar-refractivity contribution in [2.45, 2.75) is 30.2 Å². The topological polar surface area (TPSA) is 37.4 Å². The van der Waals surface area contributed by atoms with E-state index in [0.29, 0.717) is 6.54 Å². The highest BCUT2D eigenvalue weighted by atomic mass is 35.5. The SMILES string of the molecule is O=S(=O)(c1cc(F)ccc1Cl)N1CCCCC1CCl. The van der Waals surface area contributed by atoms with Gasteiger partial charge in [-0.15, -0.1) is 11.6 Å². The van der Waals surface area contributed by atoms with Gasteiger partial charge in [0, 0.05) is 18.5 Å². The molecule has 1 aliphatic heterocycles. The summed E-state index contributed by atoms with van der Waals surface area (Å²) in [7, 11) is -3.80. The Morgan fingerprint density at radius 2 is 2.11 bits per heavy atom. The molecule has 0 spiro atoms. The van der Waals surface area contributed by atoms with Crippen LogP contribution in [0.25, 0.3) is 0 Å². The fraction of sp³-hybridized carbons (Fsp3) is 0.500. The zero-order chi connectivity index (χ0) is 14.0. The maximum absolute atomic E-state index is 13.3. The lowest BCUT2D eigenvalue weighted by Crippen LogP contribution is -2.44. The molecule has 0 amide bonds. The van der Waals surface area contributed by atoms with Gasteiger partial charge >= 0.3 is 0 Å². The first-order valence-corrected chi connectivity index (χ1v) is 8.35. The van der Waals surface area contributed by atoms with Gasteiger partial charge in [0.1, 0.15) is 10.7 Å². The van der Waals surface area contributed by atoms with E-state index in [2.05, 4.69) is 0 Å². The first kappa shape index (κ1) is 15.0. The molecule has 0 saturated carbocycles. The molecular formula is C12H14Cl2FNO2S. The van der Waals surface area contributed by atoms with Gasteiger partial charge in [-0.3, -0.25) is 0 Å². The highest BCUT2D eigenvalue weighted by molar-refractivity contribution is 7.89. The van der Waals surface area contributed by atoms with Crippen molar-refractivity contribution in [3.05, 3.63) is 29.0 Å². The molecule has 1 fully saturated rings. The number of halogens is 3. The van der Waals surface area contributed by atoms with Crippen LogP contribution in [0.4, 0.5) is 4.39 Å². The number of benzene rings is 1. The Balaban J connectivity index is 2.43. The van der Waals surface area contributed by atoms with Crippen molar-refractivity contribution in [1.82, 2.24) is 4.31 Å². The minimum atomic E-state index is -3.80. The number of rotatable bonds is 3. The smallest absolute Gasteiger partial charge is 0.207 e. The Morgan fingerprint density at radius 1 is 1.37 bits per heavy atom. The second-order valence-corrected chi connectivity index (χ2v) is 7.07. The van der Waals surface area contributed by atoms with Gasteiger partial charge in [0.15, 0.2) is 0 Å². The molecule has 1 saturated heterocycles. The Labute approximate surface area is 122 Å². The lowest BCUT2D eigenvalue weighted by atomic mass is 10.1. The van der Waals surface area contributed by atoms with Crippen LogP contribution in [0.15, 0.2) is 23.1 Å². The molecule has 1 unspecified atom stereocenters. The van der Waals surface area contributed by atoms with Gasteiger partial charge in [-0.05, 0) is 31.0 Å². The molecule has 7 heteroatoms. The second-order valence-electron chi connectivity index (χ2n) is 4.49. The maximum atomic E-state index is 13.3. The summed E-state index contributed by atoms with van der Waals surface area (Å²) in [6.45, 7) is 0.395. The van der Waals surface area contributed by atoms with E-state index in [1.54, 1.807) is 0 Å². The Morgan fingerprint density at radius 3 is 2.79 bits per heavy atom. The predicted molar refractivity (Wildman–Crippen MR) is 73.7 cm³/mol. The van der Waals surface area contributed by atoms with Gasteiger partial charge in [0.05, 0.1) is 5.02 Å². The van der Waals surface area contributed by atoms with Crippen LogP contribution in [0.3, 0.4) is 0 Å². The van der Waals surface area contributed by atoms with E-state index in [1.165, 1.54) is 10.4 Å². The normalized spacial score (nSPS) is 21.5. The van der Waals surface area contributed by atoms with Crippen molar-refractivity contribution >= 4 is 33.2 Å². The molecule has 1 aromatic rings. The summed E-state index contributed by atoms with van der Waals surface area (Å²) in [6.07, 6.45) is 2.44. The molecule has 1 heterocycles. The van der Waals surface area contributed by atoms with E-state index < -0.39 is 15.8 Å². The average molecular weight is 326 g/mol. The Kier molecular flexibility index (Phi) is 4.71. The highest BCUT2D eigenvalue weighted by Gasteiger charge is 2.34. The third kappa shape index (κ3) is 3.05. The molecule has 0 N–H and O–H groups in total. The summed E-state index contributed by atoms with van der Waals surface area (Å²) in [5.74, 6) is -0.394. The van der Waals surface area contributed by atoms with Crippen LogP contribution in [0.5, 0.6) is 0 Å². The average Bonchev–Trinajstić information content (AvgIpc) is 2.41. The van der Waals surface area contributed by atoms with Crippen LogP contribution >= 0.6 is 23.2 Å². The molecule has 2 rings (SSSR count). The van der Waals surface area contributed by atoms with Crippen molar-refractivity contribution < 1.29 is 12.8 Å². The molecule has 3 nitrogen and oxygen atoms in total. The lowest BCUT2D eigenvalue weighted by molar-refractivity contribution is 0.271. The Hall–Kier alpha value is -0.360. The summed E-state index contributed by atoms with van der Waals surface area (Å²) in [5.41, 5.74) is 0. The van der Waals surface area contributed by atoms with E-state index >= 15 is 0 Å². The van der Waals surface area contributed by atoms with Crippen LogP contribution in [0.2, 0.25) is 5.02 Å². The molecule has 1 atom stereocenters. The van der Waals surface area contributed by atoms with Gasteiger partial charge in [0.25, 0.3) is 0 Å². The highest BCUT2D eigenvalue weighted by Crippen LogP contribution is 2.30. The third-order valence-electron chi connectivity index (χ3n) is 3.23. The number of piperidine rings is 1. The summed E-state index contributed by atoms with van der Waals surface area (Å²) >= 11 is 11.7. The van der Waals surface area contributed by atoms with Crippen LogP contribution < -0.4 is 0 Å². The van der Waals surface area contributed by atoms with Crippen molar-refractivity contribution in [3.8, 4) is 0 Å². The van der Waals surface area contributed by atoms with E-state index in [0.717, 1.165) is 31.4 Å². The summed E-state index contributed by atoms with van der Waals surface area (Å²) < 4.78 is 39.7. The van der Waals surface area contributed by atoms with E-state index in [9.17, 15) is 12.8 Å². The largest absolute Gasteiger partial charge is 0.244 e. The predicted octanol–water partition coefficient (Wildman–Crippen LogP) is 3.26. The minimum absolute atomic E-state index is 0.0281. The molecule has 19 heavy (non-hydrogen) atoms. The van der Waals surface area contributed by atoms with E-state index in [-0.39, 0.29) is 21.8 Å². The minimum Gasteiger partial charge on any atom is -0.207 e. The van der Waals surface area contributed by atoms with Crippen molar-refractivity contribution in [1.29, 1.82) is 0 Å². The lowest BCUT2D eigenvalue weighted by Gasteiger charge is -2.33. The number of hydrogen-bond acceptors (Lipinski definition) is 2. The molecule has 0 aromatic heterocycles. The standard InChI is InChI=1S/C12H14Cl2FNO2S/c13-8-10-3-1-2-6-16(10)19(17,18)12-7-9(15)4-5-11(12)14/h4-5,7,10H,1-3,6,8H2. The molecule has 106 valence electrons. The zero-order valence-corrected chi connectivity index (χ0v) is 12.5. The summed E-state index contributed by atoms with van der Waals surface area (Å²) in [5, 5.41) is 0.0281. The van der Waals surface area contributed by atoms with Crippen molar-refractivity contribution in [2.75, 3.05) is 12.4 Å². The van der Waals surface area contributed by atoms with Crippen molar-refractivity contribution in [3.63, 3.8) is 0 Å². The third-order valence-corrected chi connectivity index (χ3v) is 6.02. The van der Waals surface area contributed by atoms with Crippen LogP contribution in [-0.2, 0) is 10.0 Å². The van der Waals surface area contributed by atoms with Crippen LogP contribution in [0, 0.1) is 5.82 Å². The molecule has 1 aromatic carbocycles. The molecule has 0 radical (unpaired) electrons. The van der Waals surface area contributed by atoms with Gasteiger partial charge in [-0.25, -0.2) is 12.8 Å². The van der Waals surface area contributed by atoms with E-state index in [4.69, 9.17) is 23.2 Å². The number of alkyl halides is 1. The van der Waals surface area contributed by atoms with Gasteiger partial charge in [-0.2, -0.15) is 4.31 Å². The first-order valence-electron chi connectivity index (χ1n) is 5.99. The first-order chi connectivity index (χ1) is 8.96. The van der Waals surface area contributed by atoms with E-state index in [1.807, 2.05) is 0 Å². The maximum Gasteiger partial charge on any atom is 0.244 e. The second kappa shape index (κ2) is 5.95. The van der Waals surface area contributed by atoms with Crippen LogP contribution in [-0.4, -0.2) is 31.2 Å². The zero-order valence-electron chi connectivity index (χ0n) is 10.2. The number of sulfonamides is 1.